The number of hydrogen-bond acceptors (Lipinski definition) is 4. The fourth-order valence-corrected chi connectivity index (χ4v) is 3.26. The van der Waals surface area contributed by atoms with Crippen LogP contribution in [0, 0.1) is 6.92 Å². The average molecular weight is 440 g/mol. The lowest BCUT2D eigenvalue weighted by atomic mass is 10.2. The molecule has 1 N–H and O–H groups in total. The number of anilines is 1. The van der Waals surface area contributed by atoms with E-state index in [1.165, 1.54) is 24.3 Å². The Morgan fingerprint density at radius 1 is 1.12 bits per heavy atom. The first-order valence-corrected chi connectivity index (χ1v) is 9.84. The number of imidazole rings is 1. The van der Waals surface area contributed by atoms with Gasteiger partial charge in [0.1, 0.15) is 11.4 Å². The first-order chi connectivity index (χ1) is 15.2. The van der Waals surface area contributed by atoms with Crippen LogP contribution in [0.5, 0.6) is 11.6 Å². The Kier molecular flexibility index (Phi) is 5.56. The molecule has 32 heavy (non-hydrogen) atoms. The molecule has 0 saturated carbocycles. The van der Waals surface area contributed by atoms with E-state index in [2.05, 4.69) is 15.3 Å². The summed E-state index contributed by atoms with van der Waals surface area (Å²) in [5, 5.41) is 2.83. The number of ether oxygens (including phenoxy) is 1. The van der Waals surface area contributed by atoms with Gasteiger partial charge in [0.25, 0.3) is 5.91 Å². The number of alkyl halides is 3. The Morgan fingerprint density at radius 3 is 2.56 bits per heavy atom. The van der Waals surface area contributed by atoms with E-state index in [0.717, 1.165) is 41.8 Å². The first-order valence-electron chi connectivity index (χ1n) is 9.84. The minimum atomic E-state index is -4.49. The molecule has 0 fully saturated rings. The molecule has 1 amide bonds. The molecule has 4 aromatic rings. The molecule has 0 aliphatic rings. The van der Waals surface area contributed by atoms with E-state index in [9.17, 15) is 18.0 Å². The van der Waals surface area contributed by atoms with Gasteiger partial charge in [-0.1, -0.05) is 6.92 Å². The van der Waals surface area contributed by atoms with Gasteiger partial charge in [0.05, 0.1) is 16.9 Å². The van der Waals surface area contributed by atoms with Gasteiger partial charge in [0.2, 0.25) is 5.88 Å². The summed E-state index contributed by atoms with van der Waals surface area (Å²) in [6.45, 7) is 4.01. The van der Waals surface area contributed by atoms with Crippen LogP contribution in [-0.2, 0) is 12.6 Å². The zero-order valence-corrected chi connectivity index (χ0v) is 17.3. The van der Waals surface area contributed by atoms with Crippen molar-refractivity contribution in [2.45, 2.75) is 26.4 Å². The van der Waals surface area contributed by atoms with Crippen LogP contribution in [0.1, 0.15) is 34.2 Å². The summed E-state index contributed by atoms with van der Waals surface area (Å²) in [5.74, 6) is -0.259. The van der Waals surface area contributed by atoms with E-state index in [0.29, 0.717) is 11.3 Å². The summed E-state index contributed by atoms with van der Waals surface area (Å²) < 4.78 is 45.8. The smallest absolute Gasteiger partial charge is 0.416 e. The number of hydrogen-bond donors (Lipinski definition) is 1. The predicted molar refractivity (Wildman–Crippen MR) is 113 cm³/mol. The zero-order chi connectivity index (χ0) is 22.9. The highest BCUT2D eigenvalue weighted by Crippen LogP contribution is 2.31. The number of amides is 1. The van der Waals surface area contributed by atoms with Crippen molar-refractivity contribution in [2.24, 2.45) is 0 Å². The van der Waals surface area contributed by atoms with Crippen molar-refractivity contribution in [1.82, 2.24) is 14.4 Å². The number of aryl methyl sites for hydroxylation is 2. The summed E-state index contributed by atoms with van der Waals surface area (Å²) in [6, 6.07) is 11.3. The molecule has 0 unspecified atom stereocenters. The van der Waals surface area contributed by atoms with Gasteiger partial charge < -0.3 is 14.5 Å². The molecule has 4 rings (SSSR count). The van der Waals surface area contributed by atoms with Gasteiger partial charge in [0.15, 0.2) is 0 Å². The van der Waals surface area contributed by atoms with Crippen molar-refractivity contribution in [3.8, 4) is 11.6 Å². The number of carbonyl (C=O) groups is 1. The second-order valence-electron chi connectivity index (χ2n) is 7.10. The summed E-state index contributed by atoms with van der Waals surface area (Å²) in [4.78, 5) is 20.9. The fraction of sp³-hybridized carbons (Fsp3) is 0.174. The van der Waals surface area contributed by atoms with E-state index in [1.807, 2.05) is 30.5 Å². The number of pyridine rings is 2. The molecule has 0 aliphatic carbocycles. The maximum absolute atomic E-state index is 12.8. The standard InChI is InChI=1S/C23H19F3N4O2/c1-3-19-14(2)30-13-17(6-9-20(30)29-19)28-22(31)15-4-7-18(8-5-15)32-21-12-16(10-11-27-21)23(24,25)26/h4-13H,3H2,1-2H3,(H,28,31). The van der Waals surface area contributed by atoms with E-state index >= 15 is 0 Å². The number of fused-ring (bicyclic) bond motifs is 1. The molecule has 0 bridgehead atoms. The lowest BCUT2D eigenvalue weighted by Crippen LogP contribution is -2.12. The molecule has 0 spiro atoms. The number of halogens is 3. The van der Waals surface area contributed by atoms with Crippen LogP contribution in [0.15, 0.2) is 60.9 Å². The quantitative estimate of drug-likeness (QED) is 0.435. The Bertz CT molecular complexity index is 1280. The molecule has 0 saturated heterocycles. The lowest BCUT2D eigenvalue weighted by Gasteiger charge is -2.10. The fourth-order valence-electron chi connectivity index (χ4n) is 3.26. The third-order valence-corrected chi connectivity index (χ3v) is 4.95. The monoisotopic (exact) mass is 440 g/mol. The highest BCUT2D eigenvalue weighted by molar-refractivity contribution is 6.04. The highest BCUT2D eigenvalue weighted by atomic mass is 19.4. The Morgan fingerprint density at radius 2 is 1.88 bits per heavy atom. The van der Waals surface area contributed by atoms with Gasteiger partial charge >= 0.3 is 6.18 Å². The van der Waals surface area contributed by atoms with Gasteiger partial charge in [-0.15, -0.1) is 0 Å². The van der Waals surface area contributed by atoms with Crippen LogP contribution in [0.25, 0.3) is 5.65 Å². The Balaban J connectivity index is 1.47. The Labute approximate surface area is 181 Å². The first kappa shape index (κ1) is 21.4. The van der Waals surface area contributed by atoms with Crippen molar-refractivity contribution in [3.05, 3.63) is 83.4 Å². The van der Waals surface area contributed by atoms with Crippen molar-refractivity contribution in [1.29, 1.82) is 0 Å². The molecular weight excluding hydrogens is 421 g/mol. The molecule has 9 heteroatoms. The minimum absolute atomic E-state index is 0.188. The molecule has 6 nitrogen and oxygen atoms in total. The van der Waals surface area contributed by atoms with Crippen LogP contribution in [0.4, 0.5) is 18.9 Å². The van der Waals surface area contributed by atoms with Crippen LogP contribution >= 0.6 is 0 Å². The maximum atomic E-state index is 12.8. The zero-order valence-electron chi connectivity index (χ0n) is 17.3. The SMILES string of the molecule is CCc1nc2ccc(NC(=O)c3ccc(Oc4cc(C(F)(F)F)ccn4)cc3)cn2c1C. The van der Waals surface area contributed by atoms with E-state index in [1.54, 1.807) is 6.07 Å². The van der Waals surface area contributed by atoms with Gasteiger partial charge in [-0.05, 0) is 55.8 Å². The summed E-state index contributed by atoms with van der Waals surface area (Å²) in [6.07, 6.45) is -0.827. The normalized spacial score (nSPS) is 11.5. The van der Waals surface area contributed by atoms with Crippen molar-refractivity contribution in [2.75, 3.05) is 5.32 Å². The molecule has 3 heterocycles. The molecular formula is C23H19F3N4O2. The molecule has 0 atom stereocenters. The predicted octanol–water partition coefficient (Wildman–Crippen LogP) is 5.66. The Hall–Kier alpha value is -3.88. The third kappa shape index (κ3) is 4.41. The molecule has 0 aliphatic heterocycles. The molecule has 164 valence electrons. The van der Waals surface area contributed by atoms with Crippen LogP contribution in [0.3, 0.4) is 0 Å². The topological polar surface area (TPSA) is 68.5 Å². The minimum Gasteiger partial charge on any atom is -0.439 e. The second kappa shape index (κ2) is 8.33. The number of rotatable bonds is 5. The van der Waals surface area contributed by atoms with E-state index < -0.39 is 11.7 Å². The van der Waals surface area contributed by atoms with Crippen molar-refractivity contribution in [3.63, 3.8) is 0 Å². The number of nitrogens with one attached hydrogen (secondary N) is 1. The van der Waals surface area contributed by atoms with Crippen LogP contribution in [-0.4, -0.2) is 20.3 Å². The maximum Gasteiger partial charge on any atom is 0.416 e. The molecule has 0 radical (unpaired) electrons. The van der Waals surface area contributed by atoms with Crippen LogP contribution < -0.4 is 10.1 Å². The molecule has 3 aromatic heterocycles. The third-order valence-electron chi connectivity index (χ3n) is 4.95. The largest absolute Gasteiger partial charge is 0.439 e. The number of benzene rings is 1. The lowest BCUT2D eigenvalue weighted by molar-refractivity contribution is -0.137. The number of aromatic nitrogens is 3. The molecule has 1 aromatic carbocycles. The number of nitrogens with zero attached hydrogens (tertiary/aromatic N) is 3. The van der Waals surface area contributed by atoms with Gasteiger partial charge in [-0.25, -0.2) is 9.97 Å². The summed E-state index contributed by atoms with van der Waals surface area (Å²) in [7, 11) is 0. The van der Waals surface area contributed by atoms with E-state index in [4.69, 9.17) is 4.74 Å². The van der Waals surface area contributed by atoms with Crippen LogP contribution in [0.2, 0.25) is 0 Å². The second-order valence-corrected chi connectivity index (χ2v) is 7.10. The van der Waals surface area contributed by atoms with Gasteiger partial charge in [0, 0.05) is 29.7 Å². The number of carbonyl (C=O) groups excluding carboxylic acids is 1. The van der Waals surface area contributed by atoms with E-state index in [-0.39, 0.29) is 17.5 Å². The van der Waals surface area contributed by atoms with Crippen molar-refractivity contribution < 1.29 is 22.7 Å². The highest BCUT2D eigenvalue weighted by Gasteiger charge is 2.31. The van der Waals surface area contributed by atoms with Gasteiger partial charge in [-0.2, -0.15) is 13.2 Å². The average Bonchev–Trinajstić information content (AvgIpc) is 3.09. The van der Waals surface area contributed by atoms with Gasteiger partial charge in [-0.3, -0.25) is 4.79 Å². The van der Waals surface area contributed by atoms with Crippen molar-refractivity contribution >= 4 is 17.2 Å². The summed E-state index contributed by atoms with van der Waals surface area (Å²) in [5.41, 5.74) is 2.95. The summed E-state index contributed by atoms with van der Waals surface area (Å²) >= 11 is 0.